The number of alkyl halides is 3. The largest absolute Gasteiger partial charge is 0.418 e. The second-order valence-corrected chi connectivity index (χ2v) is 5.65. The zero-order valence-corrected chi connectivity index (χ0v) is 12.7. The number of halogens is 4. The first-order valence-electron chi connectivity index (χ1n) is 6.42. The number of anilines is 1. The maximum atomic E-state index is 13.1. The summed E-state index contributed by atoms with van der Waals surface area (Å²) in [5.41, 5.74) is 4.76. The van der Waals surface area contributed by atoms with Gasteiger partial charge in [0.15, 0.2) is 0 Å². The topological polar surface area (TPSA) is 49.6 Å². The lowest BCUT2D eigenvalue weighted by Gasteiger charge is -2.37. The quantitative estimate of drug-likeness (QED) is 0.872. The number of hydrogen-bond donors (Lipinski definition) is 1. The molecule has 1 aromatic rings. The number of nitrogens with zero attached hydrogens (tertiary/aromatic N) is 2. The first-order valence-corrected chi connectivity index (χ1v) is 7.22. The molecule has 8 heteroatoms. The summed E-state index contributed by atoms with van der Waals surface area (Å²) in [6, 6.07) is 4.11. The van der Waals surface area contributed by atoms with E-state index >= 15 is 0 Å². The summed E-state index contributed by atoms with van der Waals surface area (Å²) in [7, 11) is 0. The van der Waals surface area contributed by atoms with Gasteiger partial charge in [0.05, 0.1) is 12.1 Å². The van der Waals surface area contributed by atoms with Crippen LogP contribution >= 0.6 is 15.9 Å². The van der Waals surface area contributed by atoms with Crippen LogP contribution in [0.4, 0.5) is 18.9 Å². The lowest BCUT2D eigenvalue weighted by atomic mass is 10.1. The lowest BCUT2D eigenvalue weighted by molar-refractivity contribution is -0.137. The van der Waals surface area contributed by atoms with Crippen LogP contribution in [0.15, 0.2) is 22.7 Å². The van der Waals surface area contributed by atoms with Gasteiger partial charge in [0.2, 0.25) is 5.91 Å². The Kier molecular flexibility index (Phi) is 4.77. The Morgan fingerprint density at radius 1 is 1.24 bits per heavy atom. The smallest absolute Gasteiger partial charge is 0.367 e. The van der Waals surface area contributed by atoms with Gasteiger partial charge in [-0.25, -0.2) is 0 Å². The first kappa shape index (κ1) is 16.1. The predicted molar refractivity (Wildman–Crippen MR) is 77.0 cm³/mol. The van der Waals surface area contributed by atoms with E-state index in [2.05, 4.69) is 15.9 Å². The average Bonchev–Trinajstić information content (AvgIpc) is 2.45. The average molecular weight is 366 g/mol. The van der Waals surface area contributed by atoms with Gasteiger partial charge in [-0.15, -0.1) is 0 Å². The van der Waals surface area contributed by atoms with Crippen molar-refractivity contribution in [3.63, 3.8) is 0 Å². The highest BCUT2D eigenvalue weighted by molar-refractivity contribution is 9.10. The van der Waals surface area contributed by atoms with Crippen LogP contribution in [0.25, 0.3) is 0 Å². The molecule has 1 fully saturated rings. The van der Waals surface area contributed by atoms with E-state index in [1.54, 1.807) is 15.9 Å². The molecular formula is C13H15BrF3N3O. The Labute approximate surface area is 128 Å². The van der Waals surface area contributed by atoms with Crippen LogP contribution < -0.4 is 10.6 Å². The molecule has 0 saturated carbocycles. The van der Waals surface area contributed by atoms with E-state index in [-0.39, 0.29) is 18.1 Å². The number of benzene rings is 1. The maximum absolute atomic E-state index is 13.1. The Balaban J connectivity index is 2.19. The summed E-state index contributed by atoms with van der Waals surface area (Å²) in [6.07, 6.45) is -4.41. The molecule has 0 bridgehead atoms. The van der Waals surface area contributed by atoms with Crippen LogP contribution in [-0.2, 0) is 11.0 Å². The van der Waals surface area contributed by atoms with Gasteiger partial charge in [-0.3, -0.25) is 4.79 Å². The van der Waals surface area contributed by atoms with E-state index < -0.39 is 11.7 Å². The fourth-order valence-electron chi connectivity index (χ4n) is 2.34. The zero-order chi connectivity index (χ0) is 15.6. The molecule has 21 heavy (non-hydrogen) atoms. The van der Waals surface area contributed by atoms with Gasteiger partial charge < -0.3 is 15.5 Å². The number of carbonyl (C=O) groups is 1. The molecule has 1 aliphatic rings. The molecule has 1 aromatic carbocycles. The Hall–Kier alpha value is -1.28. The number of carbonyl (C=O) groups excluding carboxylic acids is 1. The molecule has 1 saturated heterocycles. The van der Waals surface area contributed by atoms with E-state index in [0.29, 0.717) is 30.7 Å². The Bertz CT molecular complexity index is 528. The SMILES string of the molecule is NCC(=O)N1CCN(c2ccc(Br)cc2C(F)(F)F)CC1. The summed E-state index contributed by atoms with van der Waals surface area (Å²) in [5, 5.41) is 0. The predicted octanol–water partition coefficient (Wildman–Crippen LogP) is 2.08. The number of rotatable bonds is 2. The molecule has 4 nitrogen and oxygen atoms in total. The minimum absolute atomic E-state index is 0.0773. The molecule has 2 rings (SSSR count). The second kappa shape index (κ2) is 6.23. The minimum atomic E-state index is -4.41. The molecule has 0 radical (unpaired) electrons. The maximum Gasteiger partial charge on any atom is 0.418 e. The van der Waals surface area contributed by atoms with Crippen molar-refractivity contribution in [3.05, 3.63) is 28.2 Å². The van der Waals surface area contributed by atoms with E-state index in [1.165, 1.54) is 6.07 Å². The minimum Gasteiger partial charge on any atom is -0.367 e. The molecule has 2 N–H and O–H groups in total. The monoisotopic (exact) mass is 365 g/mol. The summed E-state index contributed by atoms with van der Waals surface area (Å²) in [4.78, 5) is 14.7. The first-order chi connectivity index (χ1) is 9.82. The van der Waals surface area contributed by atoms with Crippen molar-refractivity contribution < 1.29 is 18.0 Å². The normalized spacial score (nSPS) is 16.2. The lowest BCUT2D eigenvalue weighted by Crippen LogP contribution is -2.50. The number of nitrogens with two attached hydrogens (primary N) is 1. The Morgan fingerprint density at radius 2 is 1.86 bits per heavy atom. The number of amides is 1. The van der Waals surface area contributed by atoms with Crippen molar-refractivity contribution in [2.24, 2.45) is 5.73 Å². The third-order valence-corrected chi connectivity index (χ3v) is 3.90. The highest BCUT2D eigenvalue weighted by Crippen LogP contribution is 2.38. The molecule has 0 atom stereocenters. The van der Waals surface area contributed by atoms with E-state index in [0.717, 1.165) is 6.07 Å². The number of piperazine rings is 1. The van der Waals surface area contributed by atoms with Crippen LogP contribution in [-0.4, -0.2) is 43.5 Å². The zero-order valence-electron chi connectivity index (χ0n) is 11.2. The standard InChI is InChI=1S/C13H15BrF3N3O/c14-9-1-2-11(10(7-9)13(15,16)17)19-3-5-20(6-4-19)12(21)8-18/h1-2,7H,3-6,8,18H2. The van der Waals surface area contributed by atoms with E-state index in [1.807, 2.05) is 0 Å². The van der Waals surface area contributed by atoms with Crippen molar-refractivity contribution in [2.75, 3.05) is 37.6 Å². The third kappa shape index (κ3) is 3.68. The van der Waals surface area contributed by atoms with Crippen molar-refractivity contribution in [3.8, 4) is 0 Å². The van der Waals surface area contributed by atoms with Gasteiger partial charge in [-0.05, 0) is 18.2 Å². The molecule has 116 valence electrons. The van der Waals surface area contributed by atoms with Gasteiger partial charge in [-0.2, -0.15) is 13.2 Å². The van der Waals surface area contributed by atoms with Crippen LogP contribution in [0.2, 0.25) is 0 Å². The third-order valence-electron chi connectivity index (χ3n) is 3.41. The van der Waals surface area contributed by atoms with Crippen LogP contribution in [0.1, 0.15) is 5.56 Å². The highest BCUT2D eigenvalue weighted by atomic mass is 79.9. The highest BCUT2D eigenvalue weighted by Gasteiger charge is 2.35. The fourth-order valence-corrected chi connectivity index (χ4v) is 2.70. The van der Waals surface area contributed by atoms with Gasteiger partial charge >= 0.3 is 6.18 Å². The molecular weight excluding hydrogens is 351 g/mol. The summed E-state index contributed by atoms with van der Waals surface area (Å²) < 4.78 is 39.7. The fraction of sp³-hybridized carbons (Fsp3) is 0.462. The van der Waals surface area contributed by atoms with Gasteiger partial charge in [0.25, 0.3) is 0 Å². The molecule has 0 unspecified atom stereocenters. The van der Waals surface area contributed by atoms with Crippen molar-refractivity contribution in [1.82, 2.24) is 4.90 Å². The molecule has 0 aromatic heterocycles. The van der Waals surface area contributed by atoms with Crippen molar-refractivity contribution in [1.29, 1.82) is 0 Å². The van der Waals surface area contributed by atoms with Gasteiger partial charge in [0, 0.05) is 36.3 Å². The molecule has 0 spiro atoms. The van der Waals surface area contributed by atoms with Crippen LogP contribution in [0, 0.1) is 0 Å². The van der Waals surface area contributed by atoms with Crippen molar-refractivity contribution >= 4 is 27.5 Å². The summed E-state index contributed by atoms with van der Waals surface area (Å²) in [6.45, 7) is 1.39. The van der Waals surface area contributed by atoms with E-state index in [4.69, 9.17) is 5.73 Å². The van der Waals surface area contributed by atoms with Gasteiger partial charge in [0.1, 0.15) is 0 Å². The van der Waals surface area contributed by atoms with Crippen LogP contribution in [0.3, 0.4) is 0 Å². The molecule has 1 heterocycles. The molecule has 1 aliphatic heterocycles. The second-order valence-electron chi connectivity index (χ2n) is 4.73. The summed E-state index contributed by atoms with van der Waals surface area (Å²) >= 11 is 3.07. The summed E-state index contributed by atoms with van der Waals surface area (Å²) in [5.74, 6) is -0.179. The van der Waals surface area contributed by atoms with Crippen LogP contribution in [0.5, 0.6) is 0 Å². The van der Waals surface area contributed by atoms with Gasteiger partial charge in [-0.1, -0.05) is 15.9 Å². The number of hydrogen-bond acceptors (Lipinski definition) is 3. The van der Waals surface area contributed by atoms with E-state index in [9.17, 15) is 18.0 Å². The Morgan fingerprint density at radius 3 is 2.38 bits per heavy atom. The van der Waals surface area contributed by atoms with Crippen molar-refractivity contribution in [2.45, 2.75) is 6.18 Å². The molecule has 1 amide bonds. The molecule has 0 aliphatic carbocycles.